The third-order valence-electron chi connectivity index (χ3n) is 2.98. The van der Waals surface area contributed by atoms with Crippen LogP contribution in [0.3, 0.4) is 0 Å². The zero-order valence-corrected chi connectivity index (χ0v) is 11.7. The van der Waals surface area contributed by atoms with Crippen LogP contribution in [0.2, 0.25) is 0 Å². The van der Waals surface area contributed by atoms with Gasteiger partial charge in [-0.1, -0.05) is 0 Å². The Morgan fingerprint density at radius 3 is 2.90 bits per heavy atom. The van der Waals surface area contributed by atoms with Gasteiger partial charge in [0.15, 0.2) is 0 Å². The Morgan fingerprint density at radius 1 is 1.43 bits per heavy atom. The third kappa shape index (κ3) is 4.80. The van der Waals surface area contributed by atoms with E-state index in [4.69, 9.17) is 4.74 Å². The molecule has 0 radical (unpaired) electrons. The molecular formula is C14H18FN3O3. The van der Waals surface area contributed by atoms with Crippen molar-refractivity contribution in [2.24, 2.45) is 0 Å². The molecule has 1 aliphatic heterocycles. The number of benzene rings is 1. The second-order valence-corrected chi connectivity index (χ2v) is 4.83. The first-order valence-electron chi connectivity index (χ1n) is 6.74. The number of anilines is 2. The Balaban J connectivity index is 1.95. The molecular weight excluding hydrogens is 277 g/mol. The monoisotopic (exact) mass is 295 g/mol. The van der Waals surface area contributed by atoms with Gasteiger partial charge in [0.1, 0.15) is 5.82 Å². The maximum atomic E-state index is 13.5. The Kier molecular flexibility index (Phi) is 5.24. The molecule has 2 rings (SSSR count). The van der Waals surface area contributed by atoms with Crippen LogP contribution in [0.5, 0.6) is 0 Å². The summed E-state index contributed by atoms with van der Waals surface area (Å²) in [5.74, 6) is -1.15. The van der Waals surface area contributed by atoms with Gasteiger partial charge >= 0.3 is 0 Å². The van der Waals surface area contributed by atoms with E-state index in [9.17, 15) is 14.0 Å². The van der Waals surface area contributed by atoms with Crippen LogP contribution in [0.25, 0.3) is 0 Å². The average molecular weight is 295 g/mol. The lowest BCUT2D eigenvalue weighted by atomic mass is 10.2. The van der Waals surface area contributed by atoms with Crippen molar-refractivity contribution in [1.29, 1.82) is 0 Å². The van der Waals surface area contributed by atoms with Crippen molar-refractivity contribution in [2.45, 2.75) is 19.4 Å². The maximum absolute atomic E-state index is 13.5. The summed E-state index contributed by atoms with van der Waals surface area (Å²) in [7, 11) is 0. The molecule has 0 bridgehead atoms. The number of nitrogens with one attached hydrogen (secondary N) is 3. The molecule has 1 unspecified atom stereocenters. The first kappa shape index (κ1) is 15.4. The van der Waals surface area contributed by atoms with Gasteiger partial charge in [0.25, 0.3) is 0 Å². The van der Waals surface area contributed by atoms with E-state index in [2.05, 4.69) is 16.0 Å². The second kappa shape index (κ2) is 7.14. The molecule has 1 aromatic rings. The summed E-state index contributed by atoms with van der Waals surface area (Å²) in [6.07, 6.45) is 0.0637. The van der Waals surface area contributed by atoms with Gasteiger partial charge in [-0.25, -0.2) is 4.39 Å². The molecule has 6 nitrogen and oxygen atoms in total. The Labute approximate surface area is 122 Å². The Morgan fingerprint density at radius 2 is 2.24 bits per heavy atom. The number of hydrogen-bond acceptors (Lipinski definition) is 4. The van der Waals surface area contributed by atoms with Crippen LogP contribution in [0.1, 0.15) is 13.3 Å². The fourth-order valence-corrected chi connectivity index (χ4v) is 2.06. The first-order valence-corrected chi connectivity index (χ1v) is 6.74. The van der Waals surface area contributed by atoms with Crippen molar-refractivity contribution in [2.75, 3.05) is 30.3 Å². The summed E-state index contributed by atoms with van der Waals surface area (Å²) < 4.78 is 18.9. The molecule has 21 heavy (non-hydrogen) atoms. The van der Waals surface area contributed by atoms with Crippen LogP contribution < -0.4 is 16.0 Å². The summed E-state index contributed by atoms with van der Waals surface area (Å²) in [5.41, 5.74) is 0.463. The SMILES string of the molecule is CC(=O)Nc1cc(NC(=O)CC2CNCCO2)ccc1F. The molecule has 0 aromatic heterocycles. The summed E-state index contributed by atoms with van der Waals surface area (Å²) in [6.45, 7) is 3.30. The molecule has 0 aliphatic carbocycles. The van der Waals surface area contributed by atoms with Crippen molar-refractivity contribution in [3.63, 3.8) is 0 Å². The van der Waals surface area contributed by atoms with Crippen LogP contribution in [0, 0.1) is 5.82 Å². The third-order valence-corrected chi connectivity index (χ3v) is 2.98. The molecule has 7 heteroatoms. The van der Waals surface area contributed by atoms with Crippen LogP contribution in [-0.4, -0.2) is 37.6 Å². The second-order valence-electron chi connectivity index (χ2n) is 4.83. The van der Waals surface area contributed by atoms with Gasteiger partial charge in [0, 0.05) is 25.7 Å². The molecule has 0 saturated carbocycles. The van der Waals surface area contributed by atoms with E-state index >= 15 is 0 Å². The number of halogens is 1. The molecule has 0 spiro atoms. The van der Waals surface area contributed by atoms with Crippen LogP contribution in [0.4, 0.5) is 15.8 Å². The number of rotatable bonds is 4. The van der Waals surface area contributed by atoms with Crippen molar-refractivity contribution in [1.82, 2.24) is 5.32 Å². The predicted octanol–water partition coefficient (Wildman–Crippen LogP) is 1.10. The van der Waals surface area contributed by atoms with E-state index in [0.29, 0.717) is 18.8 Å². The van der Waals surface area contributed by atoms with Crippen molar-refractivity contribution in [3.8, 4) is 0 Å². The average Bonchev–Trinajstić information content (AvgIpc) is 2.43. The van der Waals surface area contributed by atoms with E-state index < -0.39 is 5.82 Å². The van der Waals surface area contributed by atoms with E-state index in [1.54, 1.807) is 0 Å². The lowest BCUT2D eigenvalue weighted by Crippen LogP contribution is -2.40. The van der Waals surface area contributed by atoms with Gasteiger partial charge in [0.05, 0.1) is 24.8 Å². The topological polar surface area (TPSA) is 79.5 Å². The van der Waals surface area contributed by atoms with Gasteiger partial charge in [0.2, 0.25) is 11.8 Å². The van der Waals surface area contributed by atoms with E-state index in [-0.39, 0.29) is 30.0 Å². The number of ether oxygens (including phenoxy) is 1. The van der Waals surface area contributed by atoms with Crippen LogP contribution in [-0.2, 0) is 14.3 Å². The van der Waals surface area contributed by atoms with Gasteiger partial charge in [-0.05, 0) is 18.2 Å². The van der Waals surface area contributed by atoms with Crippen molar-refractivity contribution < 1.29 is 18.7 Å². The quantitative estimate of drug-likeness (QED) is 0.777. The fraction of sp³-hybridized carbons (Fsp3) is 0.429. The number of carbonyl (C=O) groups excluding carboxylic acids is 2. The first-order chi connectivity index (χ1) is 10.0. The highest BCUT2D eigenvalue weighted by molar-refractivity contribution is 5.93. The molecule has 1 aliphatic rings. The number of hydrogen-bond donors (Lipinski definition) is 3. The summed E-state index contributed by atoms with van der Waals surface area (Å²) in [5, 5.41) is 8.17. The number of carbonyl (C=O) groups is 2. The largest absolute Gasteiger partial charge is 0.375 e. The number of amides is 2. The zero-order chi connectivity index (χ0) is 15.2. The smallest absolute Gasteiger partial charge is 0.227 e. The Bertz CT molecular complexity index is 530. The highest BCUT2D eigenvalue weighted by atomic mass is 19.1. The van der Waals surface area contributed by atoms with Gasteiger partial charge in [-0.3, -0.25) is 9.59 Å². The standard InChI is InChI=1S/C14H18FN3O3/c1-9(19)17-13-6-10(2-3-12(13)15)18-14(20)7-11-8-16-4-5-21-11/h2-3,6,11,16H,4-5,7-8H2,1H3,(H,17,19)(H,18,20). The maximum Gasteiger partial charge on any atom is 0.227 e. The van der Waals surface area contributed by atoms with Gasteiger partial charge in [-0.15, -0.1) is 0 Å². The molecule has 3 N–H and O–H groups in total. The van der Waals surface area contributed by atoms with Crippen LogP contribution >= 0.6 is 0 Å². The molecule has 114 valence electrons. The molecule has 1 heterocycles. The predicted molar refractivity (Wildman–Crippen MR) is 76.6 cm³/mol. The molecule has 2 amide bonds. The highest BCUT2D eigenvalue weighted by Gasteiger charge is 2.17. The minimum absolute atomic E-state index is 0.0379. The molecule has 1 atom stereocenters. The summed E-state index contributed by atoms with van der Waals surface area (Å²) in [6, 6.07) is 4.02. The summed E-state index contributed by atoms with van der Waals surface area (Å²) >= 11 is 0. The summed E-state index contributed by atoms with van der Waals surface area (Å²) in [4.78, 5) is 22.9. The van der Waals surface area contributed by atoms with Crippen LogP contribution in [0.15, 0.2) is 18.2 Å². The molecule has 1 fully saturated rings. The lowest BCUT2D eigenvalue weighted by Gasteiger charge is -2.23. The van der Waals surface area contributed by atoms with Crippen molar-refractivity contribution in [3.05, 3.63) is 24.0 Å². The van der Waals surface area contributed by atoms with Crippen molar-refractivity contribution >= 4 is 23.2 Å². The fourth-order valence-electron chi connectivity index (χ4n) is 2.06. The molecule has 1 saturated heterocycles. The minimum Gasteiger partial charge on any atom is -0.375 e. The lowest BCUT2D eigenvalue weighted by molar-refractivity contribution is -0.119. The number of morpholine rings is 1. The minimum atomic E-state index is -0.553. The van der Waals surface area contributed by atoms with Gasteiger partial charge < -0.3 is 20.7 Å². The molecule has 1 aromatic carbocycles. The van der Waals surface area contributed by atoms with Gasteiger partial charge in [-0.2, -0.15) is 0 Å². The van der Waals surface area contributed by atoms with E-state index in [1.165, 1.54) is 25.1 Å². The van der Waals surface area contributed by atoms with E-state index in [0.717, 1.165) is 6.54 Å². The highest BCUT2D eigenvalue weighted by Crippen LogP contribution is 2.20. The zero-order valence-electron chi connectivity index (χ0n) is 11.7. The Hall–Kier alpha value is -1.99. The normalized spacial score (nSPS) is 18.1. The van der Waals surface area contributed by atoms with E-state index in [1.807, 2.05) is 0 Å².